The van der Waals surface area contributed by atoms with E-state index in [-0.39, 0.29) is 18.0 Å². The zero-order chi connectivity index (χ0) is 13.9. The molecule has 0 radical (unpaired) electrons. The van der Waals surface area contributed by atoms with Crippen molar-refractivity contribution < 1.29 is 9.53 Å². The van der Waals surface area contributed by atoms with Gasteiger partial charge in [-0.1, -0.05) is 18.2 Å². The maximum absolute atomic E-state index is 12.3. The first-order chi connectivity index (χ1) is 9.75. The Morgan fingerprint density at radius 3 is 3.15 bits per heavy atom. The standard InChI is InChI=1S/C14H16N4O2/c1-10(18-9-15-8-16-18)14(19)17-12-6-7-20-13-5-3-2-4-11(12)13/h2-5,8-10,12H,6-7H2,1H3,(H,17,19)/t10-,12+/m0/s1. The average molecular weight is 272 g/mol. The van der Waals surface area contributed by atoms with Gasteiger partial charge in [-0.05, 0) is 13.0 Å². The van der Waals surface area contributed by atoms with Crippen molar-refractivity contribution in [3.05, 3.63) is 42.5 Å². The largest absolute Gasteiger partial charge is 0.493 e. The van der Waals surface area contributed by atoms with Gasteiger partial charge < -0.3 is 10.1 Å². The van der Waals surface area contributed by atoms with E-state index in [1.54, 1.807) is 17.9 Å². The van der Waals surface area contributed by atoms with E-state index < -0.39 is 0 Å². The molecule has 1 aromatic carbocycles. The van der Waals surface area contributed by atoms with Gasteiger partial charge in [0.1, 0.15) is 24.4 Å². The van der Waals surface area contributed by atoms with Gasteiger partial charge in [0.2, 0.25) is 5.91 Å². The van der Waals surface area contributed by atoms with Crippen LogP contribution in [0.15, 0.2) is 36.9 Å². The number of rotatable bonds is 3. The molecule has 1 N–H and O–H groups in total. The monoisotopic (exact) mass is 272 g/mol. The molecule has 3 rings (SSSR count). The van der Waals surface area contributed by atoms with Gasteiger partial charge >= 0.3 is 0 Å². The van der Waals surface area contributed by atoms with Crippen molar-refractivity contribution in [2.24, 2.45) is 0 Å². The number of aromatic nitrogens is 3. The fraction of sp³-hybridized carbons (Fsp3) is 0.357. The Morgan fingerprint density at radius 1 is 1.50 bits per heavy atom. The average Bonchev–Trinajstić information content (AvgIpc) is 3.01. The number of ether oxygens (including phenoxy) is 1. The minimum absolute atomic E-state index is 0.0154. The molecule has 0 unspecified atom stereocenters. The highest BCUT2D eigenvalue weighted by Crippen LogP contribution is 2.31. The minimum atomic E-state index is -0.382. The number of nitrogens with zero attached hydrogens (tertiary/aromatic N) is 3. The van der Waals surface area contributed by atoms with Crippen molar-refractivity contribution in [3.63, 3.8) is 0 Å². The van der Waals surface area contributed by atoms with Crippen LogP contribution in [0.4, 0.5) is 0 Å². The van der Waals surface area contributed by atoms with Gasteiger partial charge in [-0.15, -0.1) is 0 Å². The van der Waals surface area contributed by atoms with E-state index >= 15 is 0 Å². The lowest BCUT2D eigenvalue weighted by Crippen LogP contribution is -2.36. The molecular weight excluding hydrogens is 256 g/mol. The molecule has 1 amide bonds. The van der Waals surface area contributed by atoms with Crippen LogP contribution >= 0.6 is 0 Å². The van der Waals surface area contributed by atoms with E-state index in [4.69, 9.17) is 4.74 Å². The number of carbonyl (C=O) groups excluding carboxylic acids is 1. The Morgan fingerprint density at radius 2 is 2.35 bits per heavy atom. The molecule has 0 saturated heterocycles. The summed E-state index contributed by atoms with van der Waals surface area (Å²) in [5.41, 5.74) is 1.03. The molecular formula is C14H16N4O2. The third-order valence-corrected chi connectivity index (χ3v) is 3.49. The smallest absolute Gasteiger partial charge is 0.245 e. The summed E-state index contributed by atoms with van der Waals surface area (Å²) in [6.07, 6.45) is 3.74. The number of amides is 1. The number of benzene rings is 1. The highest BCUT2D eigenvalue weighted by Gasteiger charge is 2.25. The van der Waals surface area contributed by atoms with E-state index in [9.17, 15) is 4.79 Å². The Kier molecular flexibility index (Phi) is 3.37. The highest BCUT2D eigenvalue weighted by atomic mass is 16.5. The van der Waals surface area contributed by atoms with Crippen molar-refractivity contribution in [1.82, 2.24) is 20.1 Å². The second kappa shape index (κ2) is 5.32. The van der Waals surface area contributed by atoms with Gasteiger partial charge in [-0.25, -0.2) is 9.67 Å². The van der Waals surface area contributed by atoms with E-state index in [2.05, 4.69) is 15.4 Å². The molecule has 6 nitrogen and oxygen atoms in total. The van der Waals surface area contributed by atoms with Crippen molar-refractivity contribution in [2.75, 3.05) is 6.61 Å². The predicted molar refractivity (Wildman–Crippen MR) is 72.2 cm³/mol. The van der Waals surface area contributed by atoms with E-state index in [0.717, 1.165) is 17.7 Å². The van der Waals surface area contributed by atoms with Crippen LogP contribution in [-0.4, -0.2) is 27.3 Å². The summed E-state index contributed by atoms with van der Waals surface area (Å²) >= 11 is 0. The highest BCUT2D eigenvalue weighted by molar-refractivity contribution is 5.80. The fourth-order valence-corrected chi connectivity index (χ4v) is 2.32. The van der Waals surface area contributed by atoms with Gasteiger partial charge in [0.15, 0.2) is 0 Å². The summed E-state index contributed by atoms with van der Waals surface area (Å²) in [4.78, 5) is 16.1. The minimum Gasteiger partial charge on any atom is -0.493 e. The molecule has 2 atom stereocenters. The molecule has 1 aliphatic heterocycles. The Hall–Kier alpha value is -2.37. The first-order valence-electron chi connectivity index (χ1n) is 6.62. The normalized spacial score (nSPS) is 18.8. The van der Waals surface area contributed by atoms with Crippen LogP contribution in [0.5, 0.6) is 5.75 Å². The molecule has 0 saturated carbocycles. The molecule has 2 aromatic rings. The summed E-state index contributed by atoms with van der Waals surface area (Å²) in [6, 6.07) is 7.40. The van der Waals surface area contributed by atoms with Crippen LogP contribution in [0.25, 0.3) is 0 Å². The molecule has 104 valence electrons. The van der Waals surface area contributed by atoms with Crippen LogP contribution in [0.3, 0.4) is 0 Å². The maximum atomic E-state index is 12.3. The summed E-state index contributed by atoms with van der Waals surface area (Å²) in [5.74, 6) is 0.773. The Balaban J connectivity index is 1.74. The quantitative estimate of drug-likeness (QED) is 0.919. The van der Waals surface area contributed by atoms with Gasteiger partial charge in [0.05, 0.1) is 12.6 Å². The van der Waals surface area contributed by atoms with Gasteiger partial charge in [0, 0.05) is 12.0 Å². The van der Waals surface area contributed by atoms with Gasteiger partial charge in [-0.2, -0.15) is 5.10 Å². The number of carbonyl (C=O) groups is 1. The van der Waals surface area contributed by atoms with E-state index in [1.165, 1.54) is 6.33 Å². The first-order valence-corrected chi connectivity index (χ1v) is 6.62. The van der Waals surface area contributed by atoms with Crippen molar-refractivity contribution in [3.8, 4) is 5.75 Å². The zero-order valence-corrected chi connectivity index (χ0v) is 11.2. The summed E-state index contributed by atoms with van der Waals surface area (Å²) in [6.45, 7) is 2.41. The van der Waals surface area contributed by atoms with Gasteiger partial charge in [-0.3, -0.25) is 4.79 Å². The van der Waals surface area contributed by atoms with Crippen molar-refractivity contribution in [2.45, 2.75) is 25.4 Å². The number of hydrogen-bond donors (Lipinski definition) is 1. The van der Waals surface area contributed by atoms with Crippen LogP contribution < -0.4 is 10.1 Å². The second-order valence-electron chi connectivity index (χ2n) is 4.79. The van der Waals surface area contributed by atoms with E-state index in [0.29, 0.717) is 6.61 Å². The van der Waals surface area contributed by atoms with E-state index in [1.807, 2.05) is 24.3 Å². The van der Waals surface area contributed by atoms with Crippen molar-refractivity contribution >= 4 is 5.91 Å². The lowest BCUT2D eigenvalue weighted by molar-refractivity contribution is -0.125. The molecule has 1 aliphatic rings. The van der Waals surface area contributed by atoms with Gasteiger partial charge in [0.25, 0.3) is 0 Å². The topological polar surface area (TPSA) is 69.0 Å². The first kappa shape index (κ1) is 12.7. The molecule has 20 heavy (non-hydrogen) atoms. The van der Waals surface area contributed by atoms with Crippen molar-refractivity contribution in [1.29, 1.82) is 0 Å². The van der Waals surface area contributed by atoms with Crippen LogP contribution in [0.1, 0.15) is 31.0 Å². The Bertz CT molecular complexity index is 597. The zero-order valence-electron chi connectivity index (χ0n) is 11.2. The summed E-state index contributed by atoms with van der Waals surface area (Å²) in [5, 5.41) is 7.05. The third-order valence-electron chi connectivity index (χ3n) is 3.49. The summed E-state index contributed by atoms with van der Waals surface area (Å²) < 4.78 is 7.13. The predicted octanol–water partition coefficient (Wildman–Crippen LogP) is 1.48. The number of para-hydroxylation sites is 1. The molecule has 6 heteroatoms. The summed E-state index contributed by atoms with van der Waals surface area (Å²) in [7, 11) is 0. The molecule has 2 heterocycles. The van der Waals surface area contributed by atoms with Crippen LogP contribution in [0.2, 0.25) is 0 Å². The number of nitrogens with one attached hydrogen (secondary N) is 1. The fourth-order valence-electron chi connectivity index (χ4n) is 2.32. The lowest BCUT2D eigenvalue weighted by atomic mass is 10.0. The maximum Gasteiger partial charge on any atom is 0.245 e. The molecule has 0 bridgehead atoms. The number of hydrogen-bond acceptors (Lipinski definition) is 4. The third kappa shape index (κ3) is 2.36. The SMILES string of the molecule is C[C@@H](C(=O)N[C@@H]1CCOc2ccccc21)n1cncn1. The molecule has 0 spiro atoms. The van der Waals surface area contributed by atoms with Crippen LogP contribution in [0, 0.1) is 0 Å². The lowest BCUT2D eigenvalue weighted by Gasteiger charge is -2.27. The second-order valence-corrected chi connectivity index (χ2v) is 4.79. The number of fused-ring (bicyclic) bond motifs is 1. The molecule has 0 fully saturated rings. The van der Waals surface area contributed by atoms with Crippen LogP contribution in [-0.2, 0) is 4.79 Å². The molecule has 0 aliphatic carbocycles. The molecule has 1 aromatic heterocycles. The Labute approximate surface area is 116 Å².